The topological polar surface area (TPSA) is 88.0 Å². The highest BCUT2D eigenvalue weighted by atomic mass is 16.7. The zero-order valence-corrected chi connectivity index (χ0v) is 12.7. The van der Waals surface area contributed by atoms with Crippen LogP contribution in [0.3, 0.4) is 0 Å². The van der Waals surface area contributed by atoms with E-state index in [4.69, 9.17) is 9.57 Å². The molecule has 2 rings (SSSR count). The molecule has 122 valence electrons. The Morgan fingerprint density at radius 2 is 1.87 bits per heavy atom. The number of aromatic hydroxyl groups is 1. The maximum atomic E-state index is 10.9. The molecule has 0 aliphatic carbocycles. The standard InChI is InChI=1S/C17H19NO5/c1-12(19)18-23-17-5-3-2-4-13(17)10-15(21)11-22-16-8-6-14(20)7-9-16/h2-9,15,20-21H,10-11H2,1H3,(H,18,19). The molecule has 0 heterocycles. The van der Waals surface area contributed by atoms with Crippen LogP contribution in [0.15, 0.2) is 48.5 Å². The summed E-state index contributed by atoms with van der Waals surface area (Å²) in [5.41, 5.74) is 3.02. The highest BCUT2D eigenvalue weighted by Crippen LogP contribution is 2.20. The lowest BCUT2D eigenvalue weighted by Crippen LogP contribution is -2.25. The highest BCUT2D eigenvalue weighted by molar-refractivity contribution is 5.71. The minimum atomic E-state index is -0.745. The summed E-state index contributed by atoms with van der Waals surface area (Å²) in [5.74, 6) is 0.883. The quantitative estimate of drug-likeness (QED) is 0.678. The summed E-state index contributed by atoms with van der Waals surface area (Å²) in [4.78, 5) is 16.1. The second-order valence-corrected chi connectivity index (χ2v) is 5.03. The van der Waals surface area contributed by atoms with E-state index in [9.17, 15) is 15.0 Å². The monoisotopic (exact) mass is 317 g/mol. The van der Waals surface area contributed by atoms with Gasteiger partial charge < -0.3 is 19.8 Å². The first-order chi connectivity index (χ1) is 11.0. The third-order valence-corrected chi connectivity index (χ3v) is 3.01. The highest BCUT2D eigenvalue weighted by Gasteiger charge is 2.11. The Morgan fingerprint density at radius 3 is 2.57 bits per heavy atom. The molecule has 3 N–H and O–H groups in total. The van der Waals surface area contributed by atoms with Crippen LogP contribution in [0.1, 0.15) is 12.5 Å². The first kappa shape index (κ1) is 16.6. The molecule has 1 unspecified atom stereocenters. The lowest BCUT2D eigenvalue weighted by Gasteiger charge is -2.15. The summed E-state index contributed by atoms with van der Waals surface area (Å²) < 4.78 is 5.46. The molecule has 0 aliphatic rings. The van der Waals surface area contributed by atoms with Crippen LogP contribution in [-0.2, 0) is 11.2 Å². The Kier molecular flexibility index (Phi) is 5.82. The summed E-state index contributed by atoms with van der Waals surface area (Å²) in [7, 11) is 0. The van der Waals surface area contributed by atoms with Gasteiger partial charge in [0.15, 0.2) is 5.75 Å². The van der Waals surface area contributed by atoms with Gasteiger partial charge in [0.1, 0.15) is 18.1 Å². The average molecular weight is 317 g/mol. The molecule has 0 bridgehead atoms. The van der Waals surface area contributed by atoms with Gasteiger partial charge in [-0.1, -0.05) is 18.2 Å². The third-order valence-electron chi connectivity index (χ3n) is 3.01. The number of rotatable bonds is 7. The number of nitrogens with one attached hydrogen (secondary N) is 1. The van der Waals surface area contributed by atoms with Crippen molar-refractivity contribution < 1.29 is 24.6 Å². The van der Waals surface area contributed by atoms with Crippen molar-refractivity contribution in [3.8, 4) is 17.2 Å². The van der Waals surface area contributed by atoms with Gasteiger partial charge in [0.25, 0.3) is 0 Å². The van der Waals surface area contributed by atoms with Crippen molar-refractivity contribution in [2.45, 2.75) is 19.4 Å². The van der Waals surface area contributed by atoms with E-state index in [1.165, 1.54) is 19.1 Å². The zero-order chi connectivity index (χ0) is 16.7. The SMILES string of the molecule is CC(=O)NOc1ccccc1CC(O)COc1ccc(O)cc1. The molecule has 1 atom stereocenters. The Balaban J connectivity index is 1.90. The molecule has 23 heavy (non-hydrogen) atoms. The van der Waals surface area contributed by atoms with Gasteiger partial charge in [-0.25, -0.2) is 0 Å². The molecule has 6 heteroatoms. The largest absolute Gasteiger partial charge is 0.508 e. The van der Waals surface area contributed by atoms with E-state index in [1.54, 1.807) is 30.3 Å². The van der Waals surface area contributed by atoms with E-state index in [0.717, 1.165) is 5.56 Å². The van der Waals surface area contributed by atoms with Crippen LogP contribution in [0, 0.1) is 0 Å². The molecule has 0 fully saturated rings. The number of hydrogen-bond acceptors (Lipinski definition) is 5. The molecule has 0 radical (unpaired) electrons. The van der Waals surface area contributed by atoms with Gasteiger partial charge in [-0.3, -0.25) is 4.79 Å². The van der Waals surface area contributed by atoms with Gasteiger partial charge in [0.2, 0.25) is 5.91 Å². The number of carbonyl (C=O) groups excluding carboxylic acids is 1. The van der Waals surface area contributed by atoms with E-state index < -0.39 is 6.10 Å². The number of hydrogen-bond donors (Lipinski definition) is 3. The Hall–Kier alpha value is -2.73. The van der Waals surface area contributed by atoms with E-state index in [0.29, 0.717) is 17.9 Å². The van der Waals surface area contributed by atoms with Crippen LogP contribution in [0.4, 0.5) is 0 Å². The Bertz CT molecular complexity index is 642. The number of benzene rings is 2. The van der Waals surface area contributed by atoms with Gasteiger partial charge in [0.05, 0.1) is 6.10 Å². The van der Waals surface area contributed by atoms with E-state index in [-0.39, 0.29) is 18.3 Å². The zero-order valence-electron chi connectivity index (χ0n) is 12.7. The minimum absolute atomic E-state index is 0.0965. The fraction of sp³-hybridized carbons (Fsp3) is 0.235. The van der Waals surface area contributed by atoms with Crippen LogP contribution >= 0.6 is 0 Å². The molecule has 0 saturated heterocycles. The van der Waals surface area contributed by atoms with Crippen molar-refractivity contribution in [3.63, 3.8) is 0 Å². The maximum Gasteiger partial charge on any atom is 0.249 e. The number of carbonyl (C=O) groups is 1. The molecule has 1 amide bonds. The lowest BCUT2D eigenvalue weighted by molar-refractivity contribution is -0.125. The van der Waals surface area contributed by atoms with E-state index in [1.807, 2.05) is 6.07 Å². The maximum absolute atomic E-state index is 10.9. The second kappa shape index (κ2) is 8.05. The van der Waals surface area contributed by atoms with Crippen molar-refractivity contribution in [1.29, 1.82) is 0 Å². The van der Waals surface area contributed by atoms with E-state index >= 15 is 0 Å². The van der Waals surface area contributed by atoms with Crippen molar-refractivity contribution in [2.24, 2.45) is 0 Å². The summed E-state index contributed by atoms with van der Waals surface area (Å²) in [6, 6.07) is 13.4. The summed E-state index contributed by atoms with van der Waals surface area (Å²) in [5, 5.41) is 19.3. The van der Waals surface area contributed by atoms with Gasteiger partial charge in [-0.2, -0.15) is 5.48 Å². The number of phenols is 1. The number of phenolic OH excluding ortho intramolecular Hbond substituents is 1. The number of amides is 1. The molecule has 2 aromatic carbocycles. The molecule has 0 aromatic heterocycles. The molecule has 0 saturated carbocycles. The number of ether oxygens (including phenoxy) is 1. The van der Waals surface area contributed by atoms with Crippen molar-refractivity contribution in [1.82, 2.24) is 5.48 Å². The fourth-order valence-electron chi connectivity index (χ4n) is 1.95. The van der Waals surface area contributed by atoms with Crippen molar-refractivity contribution in [3.05, 3.63) is 54.1 Å². The van der Waals surface area contributed by atoms with Crippen LogP contribution < -0.4 is 15.1 Å². The minimum Gasteiger partial charge on any atom is -0.508 e. The Morgan fingerprint density at radius 1 is 1.17 bits per heavy atom. The second-order valence-electron chi connectivity index (χ2n) is 5.03. The third kappa shape index (κ3) is 5.52. The molecule has 0 aliphatic heterocycles. The van der Waals surface area contributed by atoms with Gasteiger partial charge in [-0.15, -0.1) is 0 Å². The first-order valence-corrected chi connectivity index (χ1v) is 7.16. The number of aliphatic hydroxyl groups is 1. The number of aliphatic hydroxyl groups excluding tert-OH is 1. The van der Waals surface area contributed by atoms with Gasteiger partial charge in [-0.05, 0) is 30.3 Å². The van der Waals surface area contributed by atoms with Crippen LogP contribution in [0.25, 0.3) is 0 Å². The molecule has 2 aromatic rings. The smallest absolute Gasteiger partial charge is 0.249 e. The van der Waals surface area contributed by atoms with Crippen LogP contribution in [-0.4, -0.2) is 28.8 Å². The van der Waals surface area contributed by atoms with Crippen LogP contribution in [0.2, 0.25) is 0 Å². The van der Waals surface area contributed by atoms with Crippen molar-refractivity contribution in [2.75, 3.05) is 6.61 Å². The Labute approximate surface area is 134 Å². The van der Waals surface area contributed by atoms with Gasteiger partial charge >= 0.3 is 0 Å². The summed E-state index contributed by atoms with van der Waals surface area (Å²) in [6.45, 7) is 1.45. The summed E-state index contributed by atoms with van der Waals surface area (Å²) >= 11 is 0. The van der Waals surface area contributed by atoms with Gasteiger partial charge in [0, 0.05) is 18.9 Å². The summed E-state index contributed by atoms with van der Waals surface area (Å²) in [6.07, 6.45) is -0.431. The molecular weight excluding hydrogens is 298 g/mol. The van der Waals surface area contributed by atoms with Crippen molar-refractivity contribution >= 4 is 5.91 Å². The average Bonchev–Trinajstić information content (AvgIpc) is 2.53. The number of para-hydroxylation sites is 1. The van der Waals surface area contributed by atoms with E-state index in [2.05, 4.69) is 5.48 Å². The van der Waals surface area contributed by atoms with Crippen LogP contribution in [0.5, 0.6) is 17.2 Å². The first-order valence-electron chi connectivity index (χ1n) is 7.16. The lowest BCUT2D eigenvalue weighted by atomic mass is 10.1. The predicted molar refractivity (Wildman–Crippen MR) is 84.2 cm³/mol. The molecule has 0 spiro atoms. The fourth-order valence-corrected chi connectivity index (χ4v) is 1.95. The normalized spacial score (nSPS) is 11.6. The predicted octanol–water partition coefficient (Wildman–Crippen LogP) is 1.80. The molecular formula is C17H19NO5. The number of hydroxylamine groups is 1. The molecule has 6 nitrogen and oxygen atoms in total.